The highest BCUT2D eigenvalue weighted by Crippen LogP contribution is 2.29. The van der Waals surface area contributed by atoms with Crippen molar-refractivity contribution in [3.63, 3.8) is 0 Å². The van der Waals surface area contributed by atoms with Crippen LogP contribution in [0, 0.1) is 11.7 Å². The minimum Gasteiger partial charge on any atom is -0.390 e. The summed E-state index contributed by atoms with van der Waals surface area (Å²) in [4.78, 5) is 21.1. The molecule has 8 nitrogen and oxygen atoms in total. The van der Waals surface area contributed by atoms with Gasteiger partial charge >= 0.3 is 0 Å². The number of aliphatic hydroxyl groups is 2. The molecule has 30 heavy (non-hydrogen) atoms. The lowest BCUT2D eigenvalue weighted by Crippen LogP contribution is -2.35. The Balaban J connectivity index is 1.51. The van der Waals surface area contributed by atoms with E-state index in [1.165, 1.54) is 24.7 Å². The Bertz CT molecular complexity index is 1040. The number of benzene rings is 1. The molecule has 1 aliphatic carbocycles. The van der Waals surface area contributed by atoms with Crippen molar-refractivity contribution < 1.29 is 19.4 Å². The summed E-state index contributed by atoms with van der Waals surface area (Å²) in [6.45, 7) is 2.25. The van der Waals surface area contributed by atoms with Gasteiger partial charge in [0.1, 0.15) is 29.8 Å². The van der Waals surface area contributed by atoms with Gasteiger partial charge in [-0.15, -0.1) is 0 Å². The zero-order chi connectivity index (χ0) is 21.3. The third-order valence-corrected chi connectivity index (χ3v) is 5.38. The summed E-state index contributed by atoms with van der Waals surface area (Å²) in [5.41, 5.74) is 1.30. The van der Waals surface area contributed by atoms with Crippen molar-refractivity contribution >= 4 is 11.6 Å². The molecule has 0 amide bonds. The van der Waals surface area contributed by atoms with Crippen LogP contribution in [0.25, 0.3) is 0 Å². The molecule has 0 unspecified atom stereocenters. The minimum atomic E-state index is -0.951. The van der Waals surface area contributed by atoms with Crippen LogP contribution in [-0.4, -0.2) is 54.0 Å². The Kier molecular flexibility index (Phi) is 5.56. The molecule has 0 saturated heterocycles. The third-order valence-electron chi connectivity index (χ3n) is 5.38. The zero-order valence-corrected chi connectivity index (χ0v) is 16.3. The van der Waals surface area contributed by atoms with E-state index in [0.29, 0.717) is 13.0 Å². The maximum Gasteiger partial charge on any atom is 0.218 e. The average molecular weight is 411 g/mol. The van der Waals surface area contributed by atoms with E-state index in [0.717, 1.165) is 5.56 Å². The summed E-state index contributed by atoms with van der Waals surface area (Å²) in [6.07, 6.45) is 3.16. The highest BCUT2D eigenvalue weighted by atomic mass is 19.1. The van der Waals surface area contributed by atoms with Gasteiger partial charge in [-0.05, 0) is 36.1 Å². The lowest BCUT2D eigenvalue weighted by molar-refractivity contribution is 0.0210. The van der Waals surface area contributed by atoms with Crippen molar-refractivity contribution in [2.45, 2.75) is 38.1 Å². The highest BCUT2D eigenvalue weighted by Gasteiger charge is 2.39. The number of aromatic nitrogens is 4. The number of nitrogens with one attached hydrogen (secondary N) is 1. The van der Waals surface area contributed by atoms with Crippen LogP contribution in [0.4, 0.5) is 10.2 Å². The fraction of sp³-hybridized carbons (Fsp3) is 0.333. The standard InChI is InChI=1S/C21H22FN5O3/c1-12-8-17(20(30)18(12)28)25-21-15(9-23-11-24-21)19(29)16-6-7-27(26-16)10-13-2-4-14(22)5-3-13/h2-7,9,11-12,17-18,20,28,30H,8,10H2,1H3,(H,23,24,25)/t12-,17-,18-,20+/m1/s1. The molecule has 156 valence electrons. The molecule has 4 atom stereocenters. The molecule has 2 heterocycles. The van der Waals surface area contributed by atoms with Gasteiger partial charge < -0.3 is 15.5 Å². The summed E-state index contributed by atoms with van der Waals surface area (Å²) in [5.74, 6) is -0.459. The number of carbonyl (C=O) groups is 1. The molecular weight excluding hydrogens is 389 g/mol. The molecule has 0 radical (unpaired) electrons. The van der Waals surface area contributed by atoms with E-state index < -0.39 is 18.2 Å². The number of anilines is 1. The number of ketones is 1. The summed E-state index contributed by atoms with van der Waals surface area (Å²) in [6, 6.07) is 7.24. The minimum absolute atomic E-state index is 0.0688. The van der Waals surface area contributed by atoms with Gasteiger partial charge in [0, 0.05) is 12.4 Å². The summed E-state index contributed by atoms with van der Waals surface area (Å²) in [5, 5.41) is 27.6. The van der Waals surface area contributed by atoms with E-state index in [9.17, 15) is 19.4 Å². The molecule has 1 aliphatic rings. The number of hydrogen-bond acceptors (Lipinski definition) is 7. The van der Waals surface area contributed by atoms with E-state index in [4.69, 9.17) is 0 Å². The number of carbonyl (C=O) groups excluding carboxylic acids is 1. The summed E-state index contributed by atoms with van der Waals surface area (Å²) < 4.78 is 14.7. The van der Waals surface area contributed by atoms with Gasteiger partial charge in [-0.25, -0.2) is 14.4 Å². The maximum absolute atomic E-state index is 13.1. The molecule has 0 spiro atoms. The predicted molar refractivity (Wildman–Crippen MR) is 106 cm³/mol. The van der Waals surface area contributed by atoms with Gasteiger partial charge in [0.15, 0.2) is 0 Å². The Morgan fingerprint density at radius 3 is 2.70 bits per heavy atom. The summed E-state index contributed by atoms with van der Waals surface area (Å²) >= 11 is 0. The van der Waals surface area contributed by atoms with Crippen molar-refractivity contribution in [1.82, 2.24) is 19.7 Å². The molecule has 9 heteroatoms. The van der Waals surface area contributed by atoms with Crippen LogP contribution in [-0.2, 0) is 6.54 Å². The van der Waals surface area contributed by atoms with Gasteiger partial charge in [0.25, 0.3) is 0 Å². The van der Waals surface area contributed by atoms with Crippen molar-refractivity contribution in [3.05, 3.63) is 71.7 Å². The van der Waals surface area contributed by atoms with Crippen LogP contribution >= 0.6 is 0 Å². The van der Waals surface area contributed by atoms with Crippen molar-refractivity contribution in [2.24, 2.45) is 5.92 Å². The highest BCUT2D eigenvalue weighted by molar-refractivity contribution is 6.10. The molecule has 1 saturated carbocycles. The van der Waals surface area contributed by atoms with Gasteiger partial charge in [-0.2, -0.15) is 5.10 Å². The van der Waals surface area contributed by atoms with Crippen molar-refractivity contribution in [2.75, 3.05) is 5.32 Å². The number of rotatable bonds is 6. The van der Waals surface area contributed by atoms with Gasteiger partial charge in [-0.3, -0.25) is 9.48 Å². The van der Waals surface area contributed by atoms with Crippen molar-refractivity contribution in [1.29, 1.82) is 0 Å². The molecular formula is C21H22FN5O3. The number of halogens is 1. The normalized spacial score (nSPS) is 23.5. The number of aliphatic hydroxyl groups excluding tert-OH is 2. The number of hydrogen-bond donors (Lipinski definition) is 3. The molecule has 4 rings (SSSR count). The SMILES string of the molecule is C[C@@H]1C[C@@H](Nc2ncncc2C(=O)c2ccn(Cc3ccc(F)cc3)n2)[C@H](O)[C@@H]1O. The molecule has 0 aliphatic heterocycles. The first-order valence-corrected chi connectivity index (χ1v) is 9.67. The van der Waals surface area contributed by atoms with Gasteiger partial charge in [-0.1, -0.05) is 19.1 Å². The Morgan fingerprint density at radius 1 is 1.23 bits per heavy atom. The van der Waals surface area contributed by atoms with Gasteiger partial charge in [0.2, 0.25) is 5.78 Å². The smallest absolute Gasteiger partial charge is 0.218 e. The largest absolute Gasteiger partial charge is 0.390 e. The van der Waals surface area contributed by atoms with Crippen LogP contribution in [0.3, 0.4) is 0 Å². The molecule has 3 N–H and O–H groups in total. The topological polar surface area (TPSA) is 113 Å². The second kappa shape index (κ2) is 8.29. The average Bonchev–Trinajstić information content (AvgIpc) is 3.30. The fourth-order valence-electron chi connectivity index (χ4n) is 3.67. The molecule has 1 aromatic carbocycles. The predicted octanol–water partition coefficient (Wildman–Crippen LogP) is 1.63. The number of nitrogens with zero attached hydrogens (tertiary/aromatic N) is 4. The van der Waals surface area contributed by atoms with Crippen LogP contribution in [0.1, 0.15) is 35.0 Å². The molecule has 0 bridgehead atoms. The van der Waals surface area contributed by atoms with E-state index in [1.54, 1.807) is 29.1 Å². The van der Waals surface area contributed by atoms with E-state index in [2.05, 4.69) is 20.4 Å². The van der Waals surface area contributed by atoms with E-state index >= 15 is 0 Å². The second-order valence-electron chi connectivity index (χ2n) is 7.58. The first-order valence-electron chi connectivity index (χ1n) is 9.67. The van der Waals surface area contributed by atoms with Crippen LogP contribution in [0.15, 0.2) is 49.1 Å². The lowest BCUT2D eigenvalue weighted by Gasteiger charge is -2.19. The van der Waals surface area contributed by atoms with Crippen LogP contribution < -0.4 is 5.32 Å². The Labute approximate surface area is 172 Å². The Morgan fingerprint density at radius 2 is 2.00 bits per heavy atom. The van der Waals surface area contributed by atoms with E-state index in [-0.39, 0.29) is 34.6 Å². The quantitative estimate of drug-likeness (QED) is 0.529. The monoisotopic (exact) mass is 411 g/mol. The third kappa shape index (κ3) is 4.07. The Hall–Kier alpha value is -3.17. The zero-order valence-electron chi connectivity index (χ0n) is 16.3. The first-order chi connectivity index (χ1) is 14.4. The van der Waals surface area contributed by atoms with Gasteiger partial charge in [0.05, 0.1) is 24.3 Å². The van der Waals surface area contributed by atoms with Crippen molar-refractivity contribution in [3.8, 4) is 0 Å². The molecule has 3 aromatic rings. The maximum atomic E-state index is 13.1. The van der Waals surface area contributed by atoms with Crippen LogP contribution in [0.5, 0.6) is 0 Å². The first kappa shape index (κ1) is 20.1. The molecule has 2 aromatic heterocycles. The van der Waals surface area contributed by atoms with Crippen LogP contribution in [0.2, 0.25) is 0 Å². The summed E-state index contributed by atoms with van der Waals surface area (Å²) in [7, 11) is 0. The lowest BCUT2D eigenvalue weighted by atomic mass is 10.1. The fourth-order valence-corrected chi connectivity index (χ4v) is 3.67. The van der Waals surface area contributed by atoms with E-state index in [1.807, 2.05) is 6.92 Å². The second-order valence-corrected chi connectivity index (χ2v) is 7.58. The molecule has 1 fully saturated rings.